The predicted molar refractivity (Wildman–Crippen MR) is 102 cm³/mol. The van der Waals surface area contributed by atoms with Crippen molar-refractivity contribution in [3.05, 3.63) is 66.2 Å². The number of benzene rings is 2. The first-order chi connectivity index (χ1) is 12.8. The van der Waals surface area contributed by atoms with Crippen LogP contribution in [0.25, 0.3) is 0 Å². The summed E-state index contributed by atoms with van der Waals surface area (Å²) in [7, 11) is 0. The molecule has 4 rings (SSSR count). The molecule has 0 N–H and O–H groups in total. The number of nitrogens with zero attached hydrogens (tertiary/aromatic N) is 1. The lowest BCUT2D eigenvalue weighted by atomic mass is 10.0. The molecular weight excluding hydrogens is 346 g/mol. The van der Waals surface area contributed by atoms with E-state index in [0.717, 1.165) is 23.3 Å². The van der Waals surface area contributed by atoms with Crippen LogP contribution in [0.5, 0.6) is 0 Å². The predicted octanol–water partition coefficient (Wildman–Crippen LogP) is 3.89. The third kappa shape index (κ3) is 3.80. The van der Waals surface area contributed by atoms with E-state index < -0.39 is 5.79 Å². The van der Waals surface area contributed by atoms with E-state index in [-0.39, 0.29) is 11.2 Å². The Morgan fingerprint density at radius 1 is 0.923 bits per heavy atom. The van der Waals surface area contributed by atoms with E-state index in [1.54, 1.807) is 11.8 Å². The Bertz CT molecular complexity index is 721. The minimum absolute atomic E-state index is 0.165. The topological polar surface area (TPSA) is 38.8 Å². The lowest BCUT2D eigenvalue weighted by Crippen LogP contribution is -2.48. The number of hydrogen-bond donors (Lipinski definition) is 0. The van der Waals surface area contributed by atoms with Crippen molar-refractivity contribution in [1.29, 1.82) is 0 Å². The summed E-state index contributed by atoms with van der Waals surface area (Å²) >= 11 is 1.61. The molecule has 0 bridgehead atoms. The van der Waals surface area contributed by atoms with Gasteiger partial charge in [0.05, 0.1) is 13.2 Å². The van der Waals surface area contributed by atoms with Crippen molar-refractivity contribution in [2.75, 3.05) is 26.3 Å². The minimum atomic E-state index is -0.453. The third-order valence-corrected chi connectivity index (χ3v) is 6.23. The highest BCUT2D eigenvalue weighted by atomic mass is 32.2. The molecule has 0 radical (unpaired) electrons. The summed E-state index contributed by atoms with van der Waals surface area (Å²) in [4.78, 5) is 16.4. The summed E-state index contributed by atoms with van der Waals surface area (Å²) < 4.78 is 11.6. The number of thioether (sulfide) groups is 1. The molecule has 26 heavy (non-hydrogen) atoms. The van der Waals surface area contributed by atoms with Gasteiger partial charge in [-0.05, 0) is 17.7 Å². The highest BCUT2D eigenvalue weighted by Crippen LogP contribution is 2.38. The number of ether oxygens (including phenoxy) is 2. The molecule has 2 aliphatic rings. The molecule has 0 aromatic heterocycles. The molecule has 2 saturated heterocycles. The van der Waals surface area contributed by atoms with Crippen molar-refractivity contribution < 1.29 is 14.3 Å². The summed E-state index contributed by atoms with van der Waals surface area (Å²) in [6, 6.07) is 20.2. The maximum Gasteiger partial charge on any atom is 0.240 e. The molecule has 2 aliphatic heterocycles. The molecule has 1 atom stereocenters. The largest absolute Gasteiger partial charge is 0.347 e. The Morgan fingerprint density at radius 2 is 1.50 bits per heavy atom. The normalized spacial score (nSPS) is 20.2. The first-order valence-electron chi connectivity index (χ1n) is 9.09. The summed E-state index contributed by atoms with van der Waals surface area (Å²) in [5.41, 5.74) is 1.04. The van der Waals surface area contributed by atoms with Crippen molar-refractivity contribution in [2.24, 2.45) is 0 Å². The SMILES string of the molecule is O=C(C(Sc1ccccc1)c1ccccc1)N1CCC2(CC1)OCCO2. The van der Waals surface area contributed by atoms with Crippen LogP contribution in [0.4, 0.5) is 0 Å². The Morgan fingerprint density at radius 3 is 2.12 bits per heavy atom. The molecule has 1 amide bonds. The van der Waals surface area contributed by atoms with Gasteiger partial charge in [-0.1, -0.05) is 48.5 Å². The molecule has 136 valence electrons. The lowest BCUT2D eigenvalue weighted by molar-refractivity contribution is -0.187. The number of rotatable bonds is 4. The summed E-state index contributed by atoms with van der Waals surface area (Å²) in [6.45, 7) is 2.67. The van der Waals surface area contributed by atoms with Gasteiger partial charge in [-0.2, -0.15) is 0 Å². The fourth-order valence-corrected chi connectivity index (χ4v) is 4.67. The van der Waals surface area contributed by atoms with Crippen LogP contribution in [-0.2, 0) is 14.3 Å². The maximum absolute atomic E-state index is 13.3. The van der Waals surface area contributed by atoms with Gasteiger partial charge in [0.15, 0.2) is 5.79 Å². The number of hydrogen-bond acceptors (Lipinski definition) is 4. The van der Waals surface area contributed by atoms with E-state index in [4.69, 9.17) is 9.47 Å². The fraction of sp³-hybridized carbons (Fsp3) is 0.381. The standard InChI is InChI=1S/C21H23NO3S/c23-20(22-13-11-21(12-14-22)24-15-16-25-21)19(17-7-3-1-4-8-17)26-18-9-5-2-6-10-18/h1-10,19H,11-16H2. The van der Waals surface area contributed by atoms with E-state index in [1.165, 1.54) is 0 Å². The number of carbonyl (C=O) groups excluding carboxylic acids is 1. The Labute approximate surface area is 158 Å². The molecule has 2 heterocycles. The van der Waals surface area contributed by atoms with Gasteiger partial charge in [-0.25, -0.2) is 0 Å². The summed E-state index contributed by atoms with van der Waals surface area (Å²) in [5.74, 6) is -0.288. The second kappa shape index (κ2) is 7.82. The van der Waals surface area contributed by atoms with Crippen molar-refractivity contribution in [1.82, 2.24) is 4.90 Å². The highest BCUT2D eigenvalue weighted by molar-refractivity contribution is 8.00. The van der Waals surface area contributed by atoms with Crippen LogP contribution in [-0.4, -0.2) is 42.9 Å². The van der Waals surface area contributed by atoms with Crippen molar-refractivity contribution >= 4 is 17.7 Å². The van der Waals surface area contributed by atoms with Gasteiger partial charge in [0.25, 0.3) is 0 Å². The van der Waals surface area contributed by atoms with Crippen LogP contribution in [0.2, 0.25) is 0 Å². The molecule has 0 saturated carbocycles. The molecule has 0 aliphatic carbocycles. The van der Waals surface area contributed by atoms with Crippen LogP contribution in [0.1, 0.15) is 23.7 Å². The molecule has 1 unspecified atom stereocenters. The maximum atomic E-state index is 13.3. The quantitative estimate of drug-likeness (QED) is 0.767. The van der Waals surface area contributed by atoms with Gasteiger partial charge in [-0.3, -0.25) is 4.79 Å². The van der Waals surface area contributed by atoms with Crippen molar-refractivity contribution in [3.8, 4) is 0 Å². The Kier molecular flexibility index (Phi) is 5.29. The van der Waals surface area contributed by atoms with E-state index >= 15 is 0 Å². The van der Waals surface area contributed by atoms with Crippen molar-refractivity contribution in [3.63, 3.8) is 0 Å². The first kappa shape index (κ1) is 17.6. The van der Waals surface area contributed by atoms with E-state index in [9.17, 15) is 4.79 Å². The average molecular weight is 369 g/mol. The van der Waals surface area contributed by atoms with Gasteiger partial charge < -0.3 is 14.4 Å². The van der Waals surface area contributed by atoms with Crippen LogP contribution in [0.15, 0.2) is 65.6 Å². The van der Waals surface area contributed by atoms with Crippen LogP contribution < -0.4 is 0 Å². The van der Waals surface area contributed by atoms with Gasteiger partial charge in [0.2, 0.25) is 5.91 Å². The molecule has 2 fully saturated rings. The van der Waals surface area contributed by atoms with Gasteiger partial charge in [0, 0.05) is 30.8 Å². The summed E-state index contributed by atoms with van der Waals surface area (Å²) in [5, 5.41) is -0.238. The second-order valence-electron chi connectivity index (χ2n) is 6.65. The van der Waals surface area contributed by atoms with Crippen LogP contribution in [0, 0.1) is 0 Å². The number of likely N-dealkylation sites (tertiary alicyclic amines) is 1. The molecule has 1 spiro atoms. The number of piperidine rings is 1. The fourth-order valence-electron chi connectivity index (χ4n) is 3.54. The van der Waals surface area contributed by atoms with Gasteiger partial charge in [0.1, 0.15) is 5.25 Å². The monoisotopic (exact) mass is 369 g/mol. The van der Waals surface area contributed by atoms with Gasteiger partial charge in [-0.15, -0.1) is 11.8 Å². The molecule has 2 aromatic carbocycles. The average Bonchev–Trinajstić information content (AvgIpc) is 3.16. The smallest absolute Gasteiger partial charge is 0.240 e. The molecule has 2 aromatic rings. The van der Waals surface area contributed by atoms with Crippen LogP contribution in [0.3, 0.4) is 0 Å². The molecule has 5 heteroatoms. The van der Waals surface area contributed by atoms with E-state index in [1.807, 2.05) is 53.4 Å². The van der Waals surface area contributed by atoms with Crippen LogP contribution >= 0.6 is 11.8 Å². The minimum Gasteiger partial charge on any atom is -0.347 e. The van der Waals surface area contributed by atoms with E-state index in [0.29, 0.717) is 26.3 Å². The first-order valence-corrected chi connectivity index (χ1v) is 9.97. The highest BCUT2D eigenvalue weighted by Gasteiger charge is 2.41. The lowest BCUT2D eigenvalue weighted by Gasteiger charge is -2.38. The van der Waals surface area contributed by atoms with E-state index in [2.05, 4.69) is 12.1 Å². The van der Waals surface area contributed by atoms with Gasteiger partial charge >= 0.3 is 0 Å². The Hall–Kier alpha value is -1.82. The zero-order chi connectivity index (χ0) is 17.8. The third-order valence-electron chi connectivity index (χ3n) is 4.97. The summed E-state index contributed by atoms with van der Waals surface area (Å²) in [6.07, 6.45) is 1.49. The Balaban J connectivity index is 1.51. The van der Waals surface area contributed by atoms with Crippen molar-refractivity contribution in [2.45, 2.75) is 28.8 Å². The number of carbonyl (C=O) groups is 1. The molecular formula is C21H23NO3S. The molecule has 4 nitrogen and oxygen atoms in total. The number of amides is 1. The zero-order valence-electron chi connectivity index (χ0n) is 14.7. The zero-order valence-corrected chi connectivity index (χ0v) is 15.5. The second-order valence-corrected chi connectivity index (χ2v) is 7.83.